The first kappa shape index (κ1) is 18.8. The third kappa shape index (κ3) is 5.04. The van der Waals surface area contributed by atoms with Gasteiger partial charge in [0.05, 0.1) is 15.7 Å². The Morgan fingerprint density at radius 2 is 1.88 bits per heavy atom. The van der Waals surface area contributed by atoms with E-state index in [4.69, 9.17) is 23.2 Å². The topological polar surface area (TPSA) is 64.6 Å². The molecule has 3 N–H and O–H groups in total. The number of nitrogens with one attached hydrogen (secondary N) is 2. The average molecular weight is 394 g/mol. The highest BCUT2D eigenvalue weighted by Gasteiger charge is 2.21. The maximum atomic E-state index is 12.2. The molecule has 2 aromatic carbocycles. The van der Waals surface area contributed by atoms with E-state index in [1.165, 1.54) is 0 Å². The summed E-state index contributed by atoms with van der Waals surface area (Å²) < 4.78 is 0. The van der Waals surface area contributed by atoms with Gasteiger partial charge in [-0.1, -0.05) is 41.4 Å². The zero-order valence-electron chi connectivity index (χ0n) is 14.2. The van der Waals surface area contributed by atoms with Crippen molar-refractivity contribution in [2.24, 2.45) is 0 Å². The molecule has 0 radical (unpaired) electrons. The number of phenols is 1. The smallest absolute Gasteiger partial charge is 0.319 e. The quantitative estimate of drug-likeness (QED) is 0.716. The fourth-order valence-electron chi connectivity index (χ4n) is 3.09. The summed E-state index contributed by atoms with van der Waals surface area (Å²) in [5.74, 6) is 0.287. The van der Waals surface area contributed by atoms with Crippen molar-refractivity contribution in [1.29, 1.82) is 0 Å². The molecular formula is C19H21Cl2N3O2. The summed E-state index contributed by atoms with van der Waals surface area (Å²) in [6.07, 6.45) is 1.74. The largest absolute Gasteiger partial charge is 0.508 e. The normalized spacial score (nSPS) is 15.6. The molecule has 0 bridgehead atoms. The second-order valence-corrected chi connectivity index (χ2v) is 7.21. The zero-order chi connectivity index (χ0) is 18.5. The van der Waals surface area contributed by atoms with Gasteiger partial charge < -0.3 is 15.7 Å². The van der Waals surface area contributed by atoms with E-state index in [2.05, 4.69) is 15.5 Å². The number of aromatic hydroxyl groups is 1. The number of rotatable bonds is 4. The fourth-order valence-corrected chi connectivity index (χ4v) is 3.44. The summed E-state index contributed by atoms with van der Waals surface area (Å²) in [5.41, 5.74) is 1.59. The lowest BCUT2D eigenvalue weighted by molar-refractivity contribution is 0.189. The van der Waals surface area contributed by atoms with Crippen LogP contribution in [0.4, 0.5) is 10.5 Å². The number of benzene rings is 2. The molecule has 1 heterocycles. The van der Waals surface area contributed by atoms with Crippen LogP contribution < -0.4 is 10.6 Å². The molecule has 26 heavy (non-hydrogen) atoms. The van der Waals surface area contributed by atoms with E-state index < -0.39 is 0 Å². The first-order valence-electron chi connectivity index (χ1n) is 8.53. The fraction of sp³-hybridized carbons (Fsp3) is 0.316. The summed E-state index contributed by atoms with van der Waals surface area (Å²) >= 11 is 12.0. The number of urea groups is 1. The van der Waals surface area contributed by atoms with E-state index in [0.29, 0.717) is 15.7 Å². The van der Waals surface area contributed by atoms with Crippen molar-refractivity contribution in [2.45, 2.75) is 25.4 Å². The van der Waals surface area contributed by atoms with Crippen molar-refractivity contribution in [3.63, 3.8) is 0 Å². The van der Waals surface area contributed by atoms with Crippen molar-refractivity contribution in [3.8, 4) is 5.75 Å². The summed E-state index contributed by atoms with van der Waals surface area (Å²) in [7, 11) is 0. The van der Waals surface area contributed by atoms with Crippen LogP contribution >= 0.6 is 23.2 Å². The number of amides is 2. The number of hydrogen-bond acceptors (Lipinski definition) is 3. The van der Waals surface area contributed by atoms with E-state index in [0.717, 1.165) is 38.0 Å². The second kappa shape index (κ2) is 8.62. The van der Waals surface area contributed by atoms with Crippen LogP contribution in [0.5, 0.6) is 5.75 Å². The van der Waals surface area contributed by atoms with Gasteiger partial charge in [-0.05, 0) is 42.7 Å². The lowest BCUT2D eigenvalue weighted by atomic mass is 10.0. The molecule has 3 rings (SSSR count). The Morgan fingerprint density at radius 1 is 1.15 bits per heavy atom. The number of carbonyl (C=O) groups is 1. The Balaban J connectivity index is 1.46. The second-order valence-electron chi connectivity index (χ2n) is 6.42. The van der Waals surface area contributed by atoms with Crippen molar-refractivity contribution in [1.82, 2.24) is 10.2 Å². The Hall–Kier alpha value is -1.95. The molecule has 5 nitrogen and oxygen atoms in total. The maximum absolute atomic E-state index is 12.2. The molecule has 1 aliphatic rings. The molecule has 1 saturated heterocycles. The Labute approximate surface area is 162 Å². The van der Waals surface area contributed by atoms with Crippen LogP contribution in [0.15, 0.2) is 42.5 Å². The molecule has 0 saturated carbocycles. The standard InChI is InChI=1S/C19H21Cl2N3O2/c20-16-5-2-6-17(18(16)21)23-19(26)22-14-7-9-24(10-8-14)12-13-3-1-4-15(25)11-13/h1-6,11,14,25H,7-10,12H2,(H2,22,23,26). The molecule has 0 unspecified atom stereocenters. The zero-order valence-corrected chi connectivity index (χ0v) is 15.7. The highest BCUT2D eigenvalue weighted by atomic mass is 35.5. The molecule has 138 valence electrons. The van der Waals surface area contributed by atoms with E-state index >= 15 is 0 Å². The number of nitrogens with zero attached hydrogens (tertiary/aromatic N) is 1. The molecule has 0 aromatic heterocycles. The van der Waals surface area contributed by atoms with Crippen LogP contribution in [0, 0.1) is 0 Å². The molecule has 2 amide bonds. The maximum Gasteiger partial charge on any atom is 0.319 e. The molecule has 0 atom stereocenters. The van der Waals surface area contributed by atoms with Crippen molar-refractivity contribution < 1.29 is 9.90 Å². The Morgan fingerprint density at radius 3 is 2.62 bits per heavy atom. The number of piperidine rings is 1. The predicted octanol–water partition coefficient (Wildman–Crippen LogP) is 4.49. The first-order chi connectivity index (χ1) is 12.5. The highest BCUT2D eigenvalue weighted by Crippen LogP contribution is 2.29. The summed E-state index contributed by atoms with van der Waals surface area (Å²) in [5, 5.41) is 16.0. The van der Waals surface area contributed by atoms with E-state index in [-0.39, 0.29) is 17.8 Å². The molecule has 1 fully saturated rings. The van der Waals surface area contributed by atoms with Crippen molar-refractivity contribution in [3.05, 3.63) is 58.1 Å². The van der Waals surface area contributed by atoms with Crippen LogP contribution in [0.1, 0.15) is 18.4 Å². The van der Waals surface area contributed by atoms with Crippen LogP contribution in [0.25, 0.3) is 0 Å². The summed E-state index contributed by atoms with van der Waals surface area (Å²) in [6, 6.07) is 12.3. The third-order valence-electron chi connectivity index (χ3n) is 4.44. The van der Waals surface area contributed by atoms with Crippen molar-refractivity contribution >= 4 is 34.9 Å². The number of halogens is 2. The van der Waals surface area contributed by atoms with Gasteiger partial charge >= 0.3 is 6.03 Å². The van der Waals surface area contributed by atoms with E-state index in [9.17, 15) is 9.90 Å². The number of phenolic OH excluding ortho intramolecular Hbond substituents is 1. The van der Waals surface area contributed by atoms with Gasteiger partial charge in [0.2, 0.25) is 0 Å². The van der Waals surface area contributed by atoms with Gasteiger partial charge in [0.15, 0.2) is 0 Å². The molecule has 0 aliphatic carbocycles. The van der Waals surface area contributed by atoms with Gasteiger partial charge in [-0.25, -0.2) is 4.79 Å². The molecule has 7 heteroatoms. The number of likely N-dealkylation sites (tertiary alicyclic amines) is 1. The van der Waals surface area contributed by atoms with Crippen LogP contribution in [-0.4, -0.2) is 35.2 Å². The highest BCUT2D eigenvalue weighted by molar-refractivity contribution is 6.43. The van der Waals surface area contributed by atoms with Crippen molar-refractivity contribution in [2.75, 3.05) is 18.4 Å². The Kier molecular flexibility index (Phi) is 6.25. The average Bonchev–Trinajstić information content (AvgIpc) is 2.61. The third-order valence-corrected chi connectivity index (χ3v) is 5.26. The van der Waals surface area contributed by atoms with Crippen LogP contribution in [0.2, 0.25) is 10.0 Å². The number of hydrogen-bond donors (Lipinski definition) is 3. The monoisotopic (exact) mass is 393 g/mol. The van der Waals surface area contributed by atoms with Gasteiger partial charge in [0.25, 0.3) is 0 Å². The van der Waals surface area contributed by atoms with Gasteiger partial charge in [-0.3, -0.25) is 4.90 Å². The molecular weight excluding hydrogens is 373 g/mol. The number of anilines is 1. The molecule has 1 aliphatic heterocycles. The minimum Gasteiger partial charge on any atom is -0.508 e. The SMILES string of the molecule is O=C(Nc1cccc(Cl)c1Cl)NC1CCN(Cc2cccc(O)c2)CC1. The Bertz CT molecular complexity index is 777. The number of carbonyl (C=O) groups excluding carboxylic acids is 1. The minimum atomic E-state index is -0.277. The van der Waals surface area contributed by atoms with E-state index in [1.54, 1.807) is 30.3 Å². The van der Waals surface area contributed by atoms with Gasteiger partial charge in [0.1, 0.15) is 5.75 Å². The first-order valence-corrected chi connectivity index (χ1v) is 9.28. The van der Waals surface area contributed by atoms with Gasteiger partial charge in [0, 0.05) is 25.7 Å². The van der Waals surface area contributed by atoms with Gasteiger partial charge in [-0.15, -0.1) is 0 Å². The van der Waals surface area contributed by atoms with Gasteiger partial charge in [-0.2, -0.15) is 0 Å². The predicted molar refractivity (Wildman–Crippen MR) is 105 cm³/mol. The molecule has 0 spiro atoms. The molecule has 2 aromatic rings. The van der Waals surface area contributed by atoms with Crippen LogP contribution in [0.3, 0.4) is 0 Å². The van der Waals surface area contributed by atoms with Crippen LogP contribution in [-0.2, 0) is 6.54 Å². The van der Waals surface area contributed by atoms with E-state index in [1.807, 2.05) is 12.1 Å². The lowest BCUT2D eigenvalue weighted by Gasteiger charge is -2.32. The minimum absolute atomic E-state index is 0.119. The summed E-state index contributed by atoms with van der Waals surface area (Å²) in [6.45, 7) is 2.57. The summed E-state index contributed by atoms with van der Waals surface area (Å²) in [4.78, 5) is 14.5. The lowest BCUT2D eigenvalue weighted by Crippen LogP contribution is -2.45.